The van der Waals surface area contributed by atoms with E-state index in [-0.39, 0.29) is 18.3 Å². The molecular weight excluding hydrogens is 339 g/mol. The van der Waals surface area contributed by atoms with Gasteiger partial charge in [-0.3, -0.25) is 4.79 Å². The van der Waals surface area contributed by atoms with E-state index < -0.39 is 0 Å². The van der Waals surface area contributed by atoms with Crippen molar-refractivity contribution < 1.29 is 4.79 Å². The van der Waals surface area contributed by atoms with E-state index in [1.807, 2.05) is 36.1 Å². The lowest BCUT2D eigenvalue weighted by molar-refractivity contribution is 0.0754. The van der Waals surface area contributed by atoms with E-state index in [9.17, 15) is 4.79 Å². The van der Waals surface area contributed by atoms with Crippen LogP contribution in [0.2, 0.25) is 4.34 Å². The molecule has 0 spiro atoms. The van der Waals surface area contributed by atoms with E-state index >= 15 is 0 Å². The van der Waals surface area contributed by atoms with Gasteiger partial charge < -0.3 is 10.2 Å². The highest BCUT2D eigenvalue weighted by molar-refractivity contribution is 7.16. The van der Waals surface area contributed by atoms with Gasteiger partial charge in [-0.15, -0.1) is 23.7 Å². The number of nitrogens with one attached hydrogen (secondary N) is 1. The van der Waals surface area contributed by atoms with Crippen molar-refractivity contribution in [2.45, 2.75) is 26.6 Å². The second kappa shape index (κ2) is 7.47. The number of rotatable bonds is 4. The summed E-state index contributed by atoms with van der Waals surface area (Å²) in [7, 11) is 0. The van der Waals surface area contributed by atoms with Crippen molar-refractivity contribution in [1.82, 2.24) is 10.2 Å². The predicted molar refractivity (Wildman–Crippen MR) is 94.0 cm³/mol. The Morgan fingerprint density at radius 2 is 2.05 bits per heavy atom. The topological polar surface area (TPSA) is 32.3 Å². The van der Waals surface area contributed by atoms with Crippen molar-refractivity contribution in [3.63, 3.8) is 0 Å². The van der Waals surface area contributed by atoms with Crippen molar-refractivity contribution in [2.24, 2.45) is 0 Å². The van der Waals surface area contributed by atoms with Gasteiger partial charge in [-0.1, -0.05) is 17.7 Å². The molecule has 1 N–H and O–H groups in total. The SMILES string of the molecule is CCN(Cc1ccc(Cl)s1)C(=O)c1ccc2c(c1)CNC2.Cl. The molecule has 0 radical (unpaired) electrons. The van der Waals surface area contributed by atoms with Gasteiger partial charge in [0.05, 0.1) is 10.9 Å². The Labute approximate surface area is 145 Å². The van der Waals surface area contributed by atoms with Crippen LogP contribution in [0.4, 0.5) is 0 Å². The third kappa shape index (κ3) is 3.63. The van der Waals surface area contributed by atoms with Gasteiger partial charge in [-0.2, -0.15) is 0 Å². The highest BCUT2D eigenvalue weighted by atomic mass is 35.5. The summed E-state index contributed by atoms with van der Waals surface area (Å²) in [6.45, 7) is 5.05. The van der Waals surface area contributed by atoms with Crippen molar-refractivity contribution in [3.05, 3.63) is 56.2 Å². The number of nitrogens with zero attached hydrogens (tertiary/aromatic N) is 1. The molecule has 0 unspecified atom stereocenters. The van der Waals surface area contributed by atoms with E-state index in [1.165, 1.54) is 22.5 Å². The summed E-state index contributed by atoms with van der Waals surface area (Å²) in [5.74, 6) is 0.0803. The minimum Gasteiger partial charge on any atom is -0.334 e. The molecule has 118 valence electrons. The molecule has 0 fully saturated rings. The van der Waals surface area contributed by atoms with E-state index in [1.54, 1.807) is 0 Å². The largest absolute Gasteiger partial charge is 0.334 e. The van der Waals surface area contributed by atoms with Gasteiger partial charge in [0.25, 0.3) is 5.91 Å². The number of halogens is 2. The first kappa shape index (κ1) is 17.3. The standard InChI is InChI=1S/C16H17ClN2OS.ClH/c1-2-19(10-14-5-6-15(17)21-14)16(20)11-3-4-12-8-18-9-13(12)7-11;/h3-7,18H,2,8-10H2,1H3;1H. The van der Waals surface area contributed by atoms with Crippen LogP contribution < -0.4 is 5.32 Å². The van der Waals surface area contributed by atoms with Gasteiger partial charge in [0.15, 0.2) is 0 Å². The first-order valence-electron chi connectivity index (χ1n) is 7.03. The highest BCUT2D eigenvalue weighted by Gasteiger charge is 2.18. The molecule has 6 heteroatoms. The second-order valence-electron chi connectivity index (χ2n) is 5.11. The quantitative estimate of drug-likeness (QED) is 0.894. The van der Waals surface area contributed by atoms with Crippen LogP contribution in [0.3, 0.4) is 0 Å². The Balaban J connectivity index is 0.00000176. The lowest BCUT2D eigenvalue weighted by atomic mass is 10.1. The molecule has 0 saturated carbocycles. The van der Waals surface area contributed by atoms with Crippen LogP contribution in [0.1, 0.15) is 33.3 Å². The highest BCUT2D eigenvalue weighted by Crippen LogP contribution is 2.24. The maximum Gasteiger partial charge on any atom is 0.254 e. The number of amides is 1. The molecule has 0 aliphatic carbocycles. The number of carbonyl (C=O) groups excluding carboxylic acids is 1. The molecule has 0 atom stereocenters. The minimum atomic E-state index is 0. The Morgan fingerprint density at radius 3 is 2.73 bits per heavy atom. The Morgan fingerprint density at radius 1 is 1.27 bits per heavy atom. The summed E-state index contributed by atoms with van der Waals surface area (Å²) in [5.41, 5.74) is 3.29. The fourth-order valence-electron chi connectivity index (χ4n) is 2.56. The summed E-state index contributed by atoms with van der Waals surface area (Å²) in [6.07, 6.45) is 0. The first-order valence-corrected chi connectivity index (χ1v) is 8.23. The molecule has 0 bridgehead atoms. The van der Waals surface area contributed by atoms with E-state index in [2.05, 4.69) is 11.4 Å². The van der Waals surface area contributed by atoms with Crippen LogP contribution >= 0.6 is 35.3 Å². The Bertz CT molecular complexity index is 672. The number of hydrogen-bond acceptors (Lipinski definition) is 3. The fraction of sp³-hybridized carbons (Fsp3) is 0.312. The monoisotopic (exact) mass is 356 g/mol. The van der Waals surface area contributed by atoms with Crippen LogP contribution in [0.15, 0.2) is 30.3 Å². The number of carbonyl (C=O) groups is 1. The summed E-state index contributed by atoms with van der Waals surface area (Å²) in [5, 5.41) is 3.30. The number of benzene rings is 1. The molecule has 0 saturated heterocycles. The molecule has 1 aliphatic rings. The van der Waals surface area contributed by atoms with Gasteiger partial charge >= 0.3 is 0 Å². The van der Waals surface area contributed by atoms with E-state index in [4.69, 9.17) is 11.6 Å². The molecule has 3 nitrogen and oxygen atoms in total. The maximum atomic E-state index is 12.7. The van der Waals surface area contributed by atoms with Crippen LogP contribution in [0.5, 0.6) is 0 Å². The van der Waals surface area contributed by atoms with Crippen molar-refractivity contribution in [2.75, 3.05) is 6.54 Å². The number of fused-ring (bicyclic) bond motifs is 1. The lowest BCUT2D eigenvalue weighted by Gasteiger charge is -2.20. The first-order chi connectivity index (χ1) is 10.2. The van der Waals surface area contributed by atoms with E-state index in [0.717, 1.165) is 27.9 Å². The second-order valence-corrected chi connectivity index (χ2v) is 6.91. The van der Waals surface area contributed by atoms with Crippen LogP contribution in [0.25, 0.3) is 0 Å². The average molecular weight is 357 g/mol. The number of hydrogen-bond donors (Lipinski definition) is 1. The zero-order valence-electron chi connectivity index (χ0n) is 12.3. The van der Waals surface area contributed by atoms with Crippen molar-refractivity contribution in [3.8, 4) is 0 Å². The summed E-state index contributed by atoms with van der Waals surface area (Å²) in [4.78, 5) is 15.6. The Kier molecular flexibility index (Phi) is 5.87. The molecule has 1 aromatic carbocycles. The average Bonchev–Trinajstić information content (AvgIpc) is 3.11. The third-order valence-corrected chi connectivity index (χ3v) is 4.94. The summed E-state index contributed by atoms with van der Waals surface area (Å²) >= 11 is 7.48. The Hall–Kier alpha value is -1.07. The molecule has 22 heavy (non-hydrogen) atoms. The third-order valence-electron chi connectivity index (χ3n) is 3.73. The smallest absolute Gasteiger partial charge is 0.254 e. The normalized spacial score (nSPS) is 12.6. The fourth-order valence-corrected chi connectivity index (χ4v) is 3.67. The molecule has 3 rings (SSSR count). The summed E-state index contributed by atoms with van der Waals surface area (Å²) < 4.78 is 0.761. The zero-order valence-corrected chi connectivity index (χ0v) is 14.7. The molecule has 2 heterocycles. The maximum absolute atomic E-state index is 12.7. The van der Waals surface area contributed by atoms with Gasteiger partial charge in [0.2, 0.25) is 0 Å². The van der Waals surface area contributed by atoms with Crippen LogP contribution in [-0.2, 0) is 19.6 Å². The van der Waals surface area contributed by atoms with Crippen molar-refractivity contribution >= 4 is 41.3 Å². The zero-order chi connectivity index (χ0) is 14.8. The number of thiophene rings is 1. The molecule has 1 amide bonds. The predicted octanol–water partition coefficient (Wildman–Crippen LogP) is 4.09. The molecule has 2 aromatic rings. The lowest BCUT2D eigenvalue weighted by Crippen LogP contribution is -2.30. The van der Waals surface area contributed by atoms with Gasteiger partial charge in [0.1, 0.15) is 0 Å². The minimum absolute atomic E-state index is 0. The van der Waals surface area contributed by atoms with E-state index in [0.29, 0.717) is 13.1 Å². The van der Waals surface area contributed by atoms with Gasteiger partial charge in [0, 0.05) is 30.1 Å². The van der Waals surface area contributed by atoms with Gasteiger partial charge in [-0.25, -0.2) is 0 Å². The molecular formula is C16H18Cl2N2OS. The summed E-state index contributed by atoms with van der Waals surface area (Å²) in [6, 6.07) is 9.86. The van der Waals surface area contributed by atoms with Crippen molar-refractivity contribution in [1.29, 1.82) is 0 Å². The van der Waals surface area contributed by atoms with Gasteiger partial charge in [-0.05, 0) is 42.3 Å². The molecule has 1 aromatic heterocycles. The van der Waals surface area contributed by atoms with Crippen LogP contribution in [-0.4, -0.2) is 17.4 Å². The van der Waals surface area contributed by atoms with Crippen LogP contribution in [0, 0.1) is 0 Å². The molecule has 1 aliphatic heterocycles.